The standard InChI is InChI=1S/C18H16FNS2/c1-18(8-2-9-18)22-15-7-10-20-17-14(15)11-16(21-17)12-3-5-13(19)6-4-12/h3-7,10-11H,2,8-9H2,1H3. The van der Waals surface area contributed by atoms with Crippen molar-refractivity contribution in [1.82, 2.24) is 4.98 Å². The van der Waals surface area contributed by atoms with Gasteiger partial charge in [0, 0.05) is 26.1 Å². The van der Waals surface area contributed by atoms with Crippen molar-refractivity contribution >= 4 is 33.3 Å². The number of hydrogen-bond acceptors (Lipinski definition) is 3. The number of nitrogens with zero attached hydrogens (tertiary/aromatic N) is 1. The van der Waals surface area contributed by atoms with E-state index in [1.165, 1.54) is 41.7 Å². The number of thiophene rings is 1. The predicted octanol–water partition coefficient (Wildman–Crippen LogP) is 6.14. The zero-order valence-electron chi connectivity index (χ0n) is 12.3. The topological polar surface area (TPSA) is 12.9 Å². The van der Waals surface area contributed by atoms with Gasteiger partial charge in [-0.25, -0.2) is 9.37 Å². The third kappa shape index (κ3) is 2.55. The maximum Gasteiger partial charge on any atom is 0.124 e. The highest BCUT2D eigenvalue weighted by Gasteiger charge is 2.33. The molecule has 1 saturated carbocycles. The number of benzene rings is 1. The van der Waals surface area contributed by atoms with Crippen molar-refractivity contribution in [2.24, 2.45) is 0 Å². The Morgan fingerprint density at radius 3 is 2.64 bits per heavy atom. The molecule has 1 fully saturated rings. The quantitative estimate of drug-likeness (QED) is 0.572. The number of halogens is 1. The Bertz CT molecular complexity index is 819. The van der Waals surface area contributed by atoms with Crippen LogP contribution in [0.4, 0.5) is 4.39 Å². The number of fused-ring (bicyclic) bond motifs is 1. The lowest BCUT2D eigenvalue weighted by Crippen LogP contribution is -2.28. The Morgan fingerprint density at radius 1 is 1.18 bits per heavy atom. The van der Waals surface area contributed by atoms with E-state index in [1.54, 1.807) is 11.3 Å². The lowest BCUT2D eigenvalue weighted by molar-refractivity contribution is 0.392. The molecule has 1 aliphatic rings. The minimum Gasteiger partial charge on any atom is -0.245 e. The lowest BCUT2D eigenvalue weighted by Gasteiger charge is -2.37. The number of rotatable bonds is 3. The maximum atomic E-state index is 13.1. The van der Waals surface area contributed by atoms with E-state index in [0.717, 1.165) is 15.3 Å². The van der Waals surface area contributed by atoms with E-state index in [2.05, 4.69) is 24.0 Å². The summed E-state index contributed by atoms with van der Waals surface area (Å²) in [5.41, 5.74) is 1.05. The largest absolute Gasteiger partial charge is 0.245 e. The van der Waals surface area contributed by atoms with Crippen LogP contribution in [0.3, 0.4) is 0 Å². The molecule has 0 bridgehead atoms. The summed E-state index contributed by atoms with van der Waals surface area (Å²) in [6.07, 6.45) is 5.81. The number of aromatic nitrogens is 1. The maximum absolute atomic E-state index is 13.1. The highest BCUT2D eigenvalue weighted by molar-refractivity contribution is 8.01. The molecule has 0 unspecified atom stereocenters. The van der Waals surface area contributed by atoms with Crippen LogP contribution in [0.15, 0.2) is 47.5 Å². The molecule has 0 atom stereocenters. The second kappa shape index (κ2) is 5.36. The van der Waals surface area contributed by atoms with E-state index in [4.69, 9.17) is 0 Å². The first-order valence-electron chi connectivity index (χ1n) is 7.47. The van der Waals surface area contributed by atoms with Crippen molar-refractivity contribution < 1.29 is 4.39 Å². The molecule has 2 aromatic heterocycles. The van der Waals surface area contributed by atoms with Gasteiger partial charge in [-0.15, -0.1) is 23.1 Å². The van der Waals surface area contributed by atoms with E-state index in [1.807, 2.05) is 30.1 Å². The van der Waals surface area contributed by atoms with Crippen LogP contribution in [0.5, 0.6) is 0 Å². The van der Waals surface area contributed by atoms with Crippen LogP contribution in [0.1, 0.15) is 26.2 Å². The van der Waals surface area contributed by atoms with E-state index in [0.29, 0.717) is 4.75 Å². The lowest BCUT2D eigenvalue weighted by atomic mass is 9.86. The fraction of sp³-hybridized carbons (Fsp3) is 0.278. The molecule has 0 aliphatic heterocycles. The van der Waals surface area contributed by atoms with E-state index < -0.39 is 0 Å². The van der Waals surface area contributed by atoms with Gasteiger partial charge in [0.15, 0.2) is 0 Å². The van der Waals surface area contributed by atoms with Gasteiger partial charge in [0.05, 0.1) is 0 Å². The number of hydrogen-bond donors (Lipinski definition) is 0. The zero-order chi connectivity index (χ0) is 15.2. The second-order valence-electron chi connectivity index (χ2n) is 6.05. The van der Waals surface area contributed by atoms with Crippen LogP contribution in [-0.2, 0) is 0 Å². The molecule has 112 valence electrons. The molecular formula is C18H16FNS2. The number of pyridine rings is 1. The predicted molar refractivity (Wildman–Crippen MR) is 93.1 cm³/mol. The minimum absolute atomic E-state index is 0.197. The Labute approximate surface area is 137 Å². The molecule has 0 spiro atoms. The van der Waals surface area contributed by atoms with Gasteiger partial charge in [-0.05, 0) is 42.7 Å². The summed E-state index contributed by atoms with van der Waals surface area (Å²) in [7, 11) is 0. The van der Waals surface area contributed by atoms with Gasteiger partial charge < -0.3 is 0 Å². The average Bonchev–Trinajstić information content (AvgIpc) is 2.91. The van der Waals surface area contributed by atoms with Gasteiger partial charge in [-0.2, -0.15) is 0 Å². The van der Waals surface area contributed by atoms with E-state index >= 15 is 0 Å². The Morgan fingerprint density at radius 2 is 1.95 bits per heavy atom. The molecule has 1 aromatic carbocycles. The normalized spacial score (nSPS) is 16.6. The van der Waals surface area contributed by atoms with Gasteiger partial charge >= 0.3 is 0 Å². The molecule has 1 aliphatic carbocycles. The van der Waals surface area contributed by atoms with Gasteiger partial charge in [0.2, 0.25) is 0 Å². The first kappa shape index (κ1) is 14.2. The van der Waals surface area contributed by atoms with Crippen molar-refractivity contribution in [3.63, 3.8) is 0 Å². The molecule has 2 heterocycles. The van der Waals surface area contributed by atoms with Crippen molar-refractivity contribution in [1.29, 1.82) is 0 Å². The van der Waals surface area contributed by atoms with E-state index in [-0.39, 0.29) is 5.82 Å². The highest BCUT2D eigenvalue weighted by atomic mass is 32.2. The third-order valence-electron chi connectivity index (χ3n) is 4.29. The zero-order valence-corrected chi connectivity index (χ0v) is 13.9. The van der Waals surface area contributed by atoms with Gasteiger partial charge in [-0.3, -0.25) is 0 Å². The molecular weight excluding hydrogens is 313 g/mol. The van der Waals surface area contributed by atoms with Crippen molar-refractivity contribution in [2.75, 3.05) is 0 Å². The van der Waals surface area contributed by atoms with Crippen LogP contribution in [0, 0.1) is 5.82 Å². The molecule has 1 nitrogen and oxygen atoms in total. The average molecular weight is 329 g/mol. The fourth-order valence-electron chi connectivity index (χ4n) is 2.80. The molecule has 4 rings (SSSR count). The summed E-state index contributed by atoms with van der Waals surface area (Å²) in [6.45, 7) is 2.35. The molecule has 0 saturated heterocycles. The summed E-state index contributed by atoms with van der Waals surface area (Å²) in [5, 5.41) is 1.23. The van der Waals surface area contributed by atoms with Crippen molar-refractivity contribution in [3.8, 4) is 10.4 Å². The summed E-state index contributed by atoms with van der Waals surface area (Å²) in [4.78, 5) is 8.04. The smallest absolute Gasteiger partial charge is 0.124 e. The summed E-state index contributed by atoms with van der Waals surface area (Å²) >= 11 is 3.65. The Hall–Kier alpha value is -1.39. The summed E-state index contributed by atoms with van der Waals surface area (Å²) < 4.78 is 13.5. The molecule has 0 amide bonds. The first-order chi connectivity index (χ1) is 10.6. The minimum atomic E-state index is -0.197. The molecule has 0 radical (unpaired) electrons. The van der Waals surface area contributed by atoms with Crippen LogP contribution in [0.25, 0.3) is 20.7 Å². The van der Waals surface area contributed by atoms with Gasteiger partial charge in [0.1, 0.15) is 10.6 Å². The molecule has 3 aromatic rings. The van der Waals surface area contributed by atoms with Crippen molar-refractivity contribution in [3.05, 3.63) is 48.4 Å². The number of thioether (sulfide) groups is 1. The first-order valence-corrected chi connectivity index (χ1v) is 9.10. The van der Waals surface area contributed by atoms with Crippen molar-refractivity contribution in [2.45, 2.75) is 35.8 Å². The Balaban J connectivity index is 1.75. The fourth-order valence-corrected chi connectivity index (χ4v) is 5.32. The monoisotopic (exact) mass is 329 g/mol. The van der Waals surface area contributed by atoms with Gasteiger partial charge in [-0.1, -0.05) is 25.5 Å². The van der Waals surface area contributed by atoms with Crippen LogP contribution >= 0.6 is 23.1 Å². The summed E-state index contributed by atoms with van der Waals surface area (Å²) in [5.74, 6) is -0.197. The summed E-state index contributed by atoms with van der Waals surface area (Å²) in [6, 6.07) is 11.0. The molecule has 0 N–H and O–H groups in total. The Kier molecular flexibility index (Phi) is 3.46. The highest BCUT2D eigenvalue weighted by Crippen LogP contribution is 2.49. The van der Waals surface area contributed by atoms with Crippen LogP contribution in [-0.4, -0.2) is 9.73 Å². The SMILES string of the molecule is CC1(Sc2ccnc3sc(-c4ccc(F)cc4)cc23)CCC1. The molecule has 4 heteroatoms. The van der Waals surface area contributed by atoms with Crippen LogP contribution in [0.2, 0.25) is 0 Å². The van der Waals surface area contributed by atoms with E-state index in [9.17, 15) is 4.39 Å². The van der Waals surface area contributed by atoms with Crippen LogP contribution < -0.4 is 0 Å². The molecule has 22 heavy (non-hydrogen) atoms. The third-order valence-corrected chi connectivity index (χ3v) is 6.86. The second-order valence-corrected chi connectivity index (χ2v) is 8.71. The van der Waals surface area contributed by atoms with Gasteiger partial charge in [0.25, 0.3) is 0 Å².